The molecule has 0 bridgehead atoms. The van der Waals surface area contributed by atoms with E-state index in [1.54, 1.807) is 31.3 Å². The first-order chi connectivity index (χ1) is 20.8. The fourth-order valence-electron chi connectivity index (χ4n) is 4.97. The Morgan fingerprint density at radius 1 is 1.12 bits per heavy atom. The van der Waals surface area contributed by atoms with Crippen molar-refractivity contribution in [2.24, 2.45) is 4.99 Å². The average Bonchev–Trinajstić information content (AvgIpc) is 3.66. The van der Waals surface area contributed by atoms with Gasteiger partial charge >= 0.3 is 0 Å². The molecule has 0 fully saturated rings. The van der Waals surface area contributed by atoms with Crippen LogP contribution in [0.3, 0.4) is 0 Å². The fraction of sp³-hybridized carbons (Fsp3) is 0.226. The number of aliphatic imine (C=N–C) groups is 1. The van der Waals surface area contributed by atoms with Crippen LogP contribution in [0.1, 0.15) is 39.3 Å². The second kappa shape index (κ2) is 11.8. The smallest absolute Gasteiger partial charge is 0.291 e. The number of aryl methyl sites for hydroxylation is 1. The Morgan fingerprint density at radius 3 is 2.84 bits per heavy atom. The van der Waals surface area contributed by atoms with E-state index in [0.29, 0.717) is 30.0 Å². The molecule has 1 aromatic heterocycles. The Hall–Kier alpha value is -5.39. The van der Waals surface area contributed by atoms with E-state index in [0.717, 1.165) is 22.4 Å². The van der Waals surface area contributed by atoms with Crippen molar-refractivity contribution in [1.29, 1.82) is 0 Å². The molecule has 218 valence electrons. The van der Waals surface area contributed by atoms with Crippen LogP contribution in [0.5, 0.6) is 5.75 Å². The van der Waals surface area contributed by atoms with E-state index in [4.69, 9.17) is 4.74 Å². The lowest BCUT2D eigenvalue weighted by atomic mass is 10.1. The minimum absolute atomic E-state index is 0.0918. The van der Waals surface area contributed by atoms with Crippen LogP contribution < -0.4 is 20.3 Å². The number of aromatic nitrogens is 3. The lowest BCUT2D eigenvalue weighted by molar-refractivity contribution is -0.120. The molecular weight excluding hydrogens is 553 g/mol. The zero-order chi connectivity index (χ0) is 29.9. The van der Waals surface area contributed by atoms with Gasteiger partial charge in [0.05, 0.1) is 18.8 Å². The topological polar surface area (TPSA) is 131 Å². The molecule has 0 saturated heterocycles. The van der Waals surface area contributed by atoms with Crippen LogP contribution in [0.4, 0.5) is 15.8 Å². The SMILES string of the molecule is CN1C(=O)C(NC(=O)c2ncn(Cc3ccccc3F)n2)COc2ccc(CCC(=O)Nc3ccc4c(c3)CN=C4)cc21. The summed E-state index contributed by atoms with van der Waals surface area (Å²) in [5.41, 5.74) is 4.67. The van der Waals surface area contributed by atoms with E-state index in [9.17, 15) is 18.8 Å². The van der Waals surface area contributed by atoms with Gasteiger partial charge in [0.15, 0.2) is 0 Å². The van der Waals surface area contributed by atoms with Crippen molar-refractivity contribution in [3.63, 3.8) is 0 Å². The van der Waals surface area contributed by atoms with Crippen molar-refractivity contribution in [1.82, 2.24) is 20.1 Å². The average molecular weight is 582 g/mol. The predicted molar refractivity (Wildman–Crippen MR) is 157 cm³/mol. The summed E-state index contributed by atoms with van der Waals surface area (Å²) in [6.07, 6.45) is 3.86. The molecule has 1 unspecified atom stereocenters. The number of hydrogen-bond acceptors (Lipinski definition) is 7. The van der Waals surface area contributed by atoms with Gasteiger partial charge in [0, 0.05) is 30.9 Å². The number of ether oxygens (including phenoxy) is 1. The van der Waals surface area contributed by atoms with Crippen molar-refractivity contribution >= 4 is 35.3 Å². The first-order valence-corrected chi connectivity index (χ1v) is 13.7. The summed E-state index contributed by atoms with van der Waals surface area (Å²) in [4.78, 5) is 48.5. The molecule has 3 aromatic carbocycles. The van der Waals surface area contributed by atoms with Crippen molar-refractivity contribution in [2.45, 2.75) is 32.0 Å². The van der Waals surface area contributed by atoms with E-state index >= 15 is 0 Å². The van der Waals surface area contributed by atoms with E-state index in [2.05, 4.69) is 25.7 Å². The van der Waals surface area contributed by atoms with Crippen LogP contribution in [0.25, 0.3) is 0 Å². The minimum Gasteiger partial charge on any atom is -0.489 e. The number of carbonyl (C=O) groups excluding carboxylic acids is 3. The molecule has 43 heavy (non-hydrogen) atoms. The predicted octanol–water partition coefficient (Wildman–Crippen LogP) is 3.12. The van der Waals surface area contributed by atoms with Gasteiger partial charge < -0.3 is 20.3 Å². The number of fused-ring (bicyclic) bond motifs is 2. The number of amides is 3. The molecule has 0 spiro atoms. The van der Waals surface area contributed by atoms with Gasteiger partial charge in [-0.25, -0.2) is 14.1 Å². The lowest BCUT2D eigenvalue weighted by Crippen LogP contribution is -2.49. The Bertz CT molecular complexity index is 1750. The quantitative estimate of drug-likeness (QED) is 0.329. The Kier molecular flexibility index (Phi) is 7.65. The normalized spacial score (nSPS) is 15.3. The van der Waals surface area contributed by atoms with Crippen LogP contribution in [0.2, 0.25) is 0 Å². The van der Waals surface area contributed by atoms with Gasteiger partial charge in [-0.2, -0.15) is 0 Å². The third-order valence-corrected chi connectivity index (χ3v) is 7.31. The summed E-state index contributed by atoms with van der Waals surface area (Å²) in [7, 11) is 1.60. The third kappa shape index (κ3) is 6.13. The molecule has 4 aromatic rings. The molecule has 2 aliphatic rings. The zero-order valence-electron chi connectivity index (χ0n) is 23.3. The molecule has 11 nitrogen and oxygen atoms in total. The third-order valence-electron chi connectivity index (χ3n) is 7.31. The van der Waals surface area contributed by atoms with Crippen molar-refractivity contribution in [3.8, 4) is 5.75 Å². The monoisotopic (exact) mass is 581 g/mol. The first kappa shape index (κ1) is 27.8. The molecule has 3 heterocycles. The standard InChI is InChI=1S/C31H28FN7O4/c1-38-26-12-19(7-11-28(40)35-23-9-8-20-14-33-15-22(20)13-23)6-10-27(26)43-17-25(31(38)42)36-30(41)29-34-18-39(37-29)16-21-4-2-3-5-24(21)32/h2-6,8-10,12-14,18,25H,7,11,15-17H2,1H3,(H,35,40)(H,36,41). The van der Waals surface area contributed by atoms with Gasteiger partial charge in [-0.3, -0.25) is 19.4 Å². The number of likely N-dealkylation sites (N-methyl/N-ethyl adjacent to an activating group) is 1. The van der Waals surface area contributed by atoms with Gasteiger partial charge in [-0.05, 0) is 53.4 Å². The molecule has 0 saturated carbocycles. The first-order valence-electron chi connectivity index (χ1n) is 13.7. The van der Waals surface area contributed by atoms with E-state index < -0.39 is 11.9 Å². The van der Waals surface area contributed by atoms with Gasteiger partial charge in [0.2, 0.25) is 11.7 Å². The van der Waals surface area contributed by atoms with E-state index in [-0.39, 0.29) is 43.0 Å². The van der Waals surface area contributed by atoms with Gasteiger partial charge in [-0.1, -0.05) is 30.3 Å². The highest BCUT2D eigenvalue weighted by atomic mass is 19.1. The summed E-state index contributed by atoms with van der Waals surface area (Å²) in [5, 5.41) is 9.70. The Labute approximate surface area is 246 Å². The summed E-state index contributed by atoms with van der Waals surface area (Å²) >= 11 is 0. The van der Waals surface area contributed by atoms with Crippen LogP contribution in [0.15, 0.2) is 72.0 Å². The maximum atomic E-state index is 14.0. The minimum atomic E-state index is -0.990. The molecule has 6 rings (SSSR count). The van der Waals surface area contributed by atoms with Crippen LogP contribution in [-0.2, 0) is 29.1 Å². The summed E-state index contributed by atoms with van der Waals surface area (Å²) in [6, 6.07) is 16.4. The summed E-state index contributed by atoms with van der Waals surface area (Å²) in [6.45, 7) is 0.626. The number of halogens is 1. The lowest BCUT2D eigenvalue weighted by Gasteiger charge is -2.20. The number of carbonyl (C=O) groups is 3. The fourth-order valence-corrected chi connectivity index (χ4v) is 4.97. The number of nitrogens with zero attached hydrogens (tertiary/aromatic N) is 5. The number of hydrogen-bond donors (Lipinski definition) is 2. The highest BCUT2D eigenvalue weighted by molar-refractivity contribution is 6.02. The van der Waals surface area contributed by atoms with E-state index in [1.165, 1.54) is 22.0 Å². The van der Waals surface area contributed by atoms with Crippen LogP contribution in [-0.4, -0.2) is 58.4 Å². The van der Waals surface area contributed by atoms with Crippen molar-refractivity contribution < 1.29 is 23.5 Å². The molecule has 0 radical (unpaired) electrons. The maximum Gasteiger partial charge on any atom is 0.291 e. The molecule has 0 aliphatic carbocycles. The number of rotatable bonds is 8. The Balaban J connectivity index is 1.06. The van der Waals surface area contributed by atoms with Crippen molar-refractivity contribution in [2.75, 3.05) is 23.9 Å². The van der Waals surface area contributed by atoms with Crippen LogP contribution >= 0.6 is 0 Å². The van der Waals surface area contributed by atoms with Gasteiger partial charge in [0.25, 0.3) is 11.8 Å². The van der Waals surface area contributed by atoms with Gasteiger partial charge in [0.1, 0.15) is 30.5 Å². The van der Waals surface area contributed by atoms with Gasteiger partial charge in [-0.15, -0.1) is 5.10 Å². The Morgan fingerprint density at radius 2 is 1.98 bits per heavy atom. The number of nitrogens with one attached hydrogen (secondary N) is 2. The maximum absolute atomic E-state index is 14.0. The second-order valence-electron chi connectivity index (χ2n) is 10.3. The number of anilines is 2. The second-order valence-corrected chi connectivity index (χ2v) is 10.3. The summed E-state index contributed by atoms with van der Waals surface area (Å²) in [5.74, 6) is -1.22. The van der Waals surface area contributed by atoms with Crippen molar-refractivity contribution in [3.05, 3.63) is 101 Å². The highest BCUT2D eigenvalue weighted by Crippen LogP contribution is 2.32. The molecule has 12 heteroatoms. The summed E-state index contributed by atoms with van der Waals surface area (Å²) < 4.78 is 21.2. The zero-order valence-corrected chi connectivity index (χ0v) is 23.3. The molecule has 2 aliphatic heterocycles. The van der Waals surface area contributed by atoms with E-state index in [1.807, 2.05) is 36.5 Å². The van der Waals surface area contributed by atoms with Crippen LogP contribution in [0, 0.1) is 5.82 Å². The molecule has 1 atom stereocenters. The highest BCUT2D eigenvalue weighted by Gasteiger charge is 2.31. The number of benzene rings is 3. The molecule has 3 amide bonds. The largest absolute Gasteiger partial charge is 0.489 e. The molecular formula is C31H28FN7O4. The molecule has 2 N–H and O–H groups in total.